The molecule has 1 aromatic rings. The van der Waals surface area contributed by atoms with Crippen molar-refractivity contribution >= 4 is 11.6 Å². The molecule has 5 nitrogen and oxygen atoms in total. The van der Waals surface area contributed by atoms with Gasteiger partial charge in [-0.05, 0) is 31.9 Å². The van der Waals surface area contributed by atoms with E-state index in [1.54, 1.807) is 16.8 Å². The number of aromatic nitrogens is 1. The van der Waals surface area contributed by atoms with Crippen LogP contribution in [0.2, 0.25) is 0 Å². The fourth-order valence-corrected chi connectivity index (χ4v) is 2.33. The van der Waals surface area contributed by atoms with E-state index < -0.39 is 0 Å². The highest BCUT2D eigenvalue weighted by Gasteiger charge is 2.20. The first-order valence-electron chi connectivity index (χ1n) is 6.95. The second-order valence-corrected chi connectivity index (χ2v) is 4.94. The maximum atomic E-state index is 12.1. The zero-order valence-corrected chi connectivity index (χ0v) is 11.3. The van der Waals surface area contributed by atoms with Crippen molar-refractivity contribution in [1.82, 2.24) is 9.88 Å². The lowest BCUT2D eigenvalue weighted by atomic mass is 10.0. The van der Waals surface area contributed by atoms with Crippen LogP contribution in [0, 0.1) is 0 Å². The lowest BCUT2D eigenvalue weighted by Crippen LogP contribution is -2.43. The first kappa shape index (κ1) is 13.8. The molecule has 1 amide bonds. The molecular formula is C14H21N3O2. The van der Waals surface area contributed by atoms with Gasteiger partial charge in [0.25, 0.3) is 5.56 Å². The lowest BCUT2D eigenvalue weighted by molar-refractivity contribution is -0.118. The van der Waals surface area contributed by atoms with E-state index in [2.05, 4.69) is 10.6 Å². The Morgan fingerprint density at radius 3 is 3.00 bits per heavy atom. The molecule has 1 fully saturated rings. The van der Waals surface area contributed by atoms with Crippen LogP contribution in [0.4, 0.5) is 5.69 Å². The van der Waals surface area contributed by atoms with E-state index in [-0.39, 0.29) is 17.5 Å². The topological polar surface area (TPSA) is 63.1 Å². The Morgan fingerprint density at radius 2 is 2.32 bits per heavy atom. The largest absolute Gasteiger partial charge is 0.323 e. The van der Waals surface area contributed by atoms with Crippen LogP contribution in [0.15, 0.2) is 23.1 Å². The van der Waals surface area contributed by atoms with Crippen LogP contribution in [-0.4, -0.2) is 23.1 Å². The van der Waals surface area contributed by atoms with Crippen molar-refractivity contribution in [3.63, 3.8) is 0 Å². The number of hydrogen-bond donors (Lipinski definition) is 2. The first-order chi connectivity index (χ1) is 9.20. The van der Waals surface area contributed by atoms with Crippen molar-refractivity contribution < 1.29 is 4.79 Å². The van der Waals surface area contributed by atoms with Gasteiger partial charge >= 0.3 is 0 Å². The molecule has 0 aromatic carbocycles. The number of carbonyl (C=O) groups is 1. The Balaban J connectivity index is 2.03. The number of rotatable bonds is 4. The summed E-state index contributed by atoms with van der Waals surface area (Å²) >= 11 is 0. The number of amides is 1. The normalized spacial score (nSPS) is 19.1. The van der Waals surface area contributed by atoms with Gasteiger partial charge in [0.1, 0.15) is 0 Å². The molecule has 0 saturated carbocycles. The Hall–Kier alpha value is -1.62. The van der Waals surface area contributed by atoms with Crippen LogP contribution >= 0.6 is 0 Å². The molecule has 5 heteroatoms. The van der Waals surface area contributed by atoms with Crippen molar-refractivity contribution in [1.29, 1.82) is 0 Å². The minimum Gasteiger partial charge on any atom is -0.323 e. The number of nitrogens with zero attached hydrogens (tertiary/aromatic N) is 1. The van der Waals surface area contributed by atoms with Crippen LogP contribution in [0.25, 0.3) is 0 Å². The van der Waals surface area contributed by atoms with Gasteiger partial charge in [-0.2, -0.15) is 0 Å². The highest BCUT2D eigenvalue weighted by atomic mass is 16.2. The third-order valence-electron chi connectivity index (χ3n) is 3.34. The average Bonchev–Trinajstić information content (AvgIpc) is 2.44. The third kappa shape index (κ3) is 3.67. The van der Waals surface area contributed by atoms with E-state index in [0.29, 0.717) is 12.2 Å². The number of anilines is 1. The van der Waals surface area contributed by atoms with Crippen LogP contribution < -0.4 is 16.2 Å². The molecule has 19 heavy (non-hydrogen) atoms. The maximum Gasteiger partial charge on any atom is 0.250 e. The van der Waals surface area contributed by atoms with Crippen molar-refractivity contribution in [2.24, 2.45) is 0 Å². The SMILES string of the molecule is CCCn1cc(NC(=O)[C@@H]2CCCCN2)ccc1=O. The summed E-state index contributed by atoms with van der Waals surface area (Å²) in [5.74, 6) is -0.0126. The summed E-state index contributed by atoms with van der Waals surface area (Å²) in [4.78, 5) is 23.6. The molecule has 2 rings (SSSR count). The molecule has 0 spiro atoms. The molecule has 2 N–H and O–H groups in total. The Kier molecular flexibility index (Phi) is 4.74. The fraction of sp³-hybridized carbons (Fsp3) is 0.571. The van der Waals surface area contributed by atoms with Crippen molar-refractivity contribution in [2.75, 3.05) is 11.9 Å². The number of carbonyl (C=O) groups excluding carboxylic acids is 1. The number of nitrogens with one attached hydrogen (secondary N) is 2. The predicted molar refractivity (Wildman–Crippen MR) is 75.3 cm³/mol. The molecule has 1 aliphatic heterocycles. The summed E-state index contributed by atoms with van der Waals surface area (Å²) in [6.07, 6.45) is 5.69. The van der Waals surface area contributed by atoms with Gasteiger partial charge in [0.2, 0.25) is 5.91 Å². The van der Waals surface area contributed by atoms with E-state index >= 15 is 0 Å². The van der Waals surface area contributed by atoms with E-state index in [0.717, 1.165) is 32.2 Å². The first-order valence-corrected chi connectivity index (χ1v) is 6.95. The molecule has 0 aliphatic carbocycles. The zero-order chi connectivity index (χ0) is 13.7. The van der Waals surface area contributed by atoms with Crippen LogP contribution in [0.3, 0.4) is 0 Å². The molecule has 1 atom stereocenters. The summed E-state index contributed by atoms with van der Waals surface area (Å²) in [5, 5.41) is 6.09. The van der Waals surface area contributed by atoms with Gasteiger partial charge in [-0.15, -0.1) is 0 Å². The van der Waals surface area contributed by atoms with E-state index in [1.165, 1.54) is 6.07 Å². The minimum absolute atomic E-state index is 0.0126. The van der Waals surface area contributed by atoms with Gasteiger partial charge in [-0.1, -0.05) is 13.3 Å². The summed E-state index contributed by atoms with van der Waals surface area (Å²) < 4.78 is 1.63. The summed E-state index contributed by atoms with van der Waals surface area (Å²) in [7, 11) is 0. The average molecular weight is 263 g/mol. The Bertz CT molecular complexity index is 490. The highest BCUT2D eigenvalue weighted by molar-refractivity contribution is 5.94. The zero-order valence-electron chi connectivity index (χ0n) is 11.3. The quantitative estimate of drug-likeness (QED) is 0.861. The van der Waals surface area contributed by atoms with Gasteiger partial charge < -0.3 is 15.2 Å². The molecule has 0 bridgehead atoms. The summed E-state index contributed by atoms with van der Waals surface area (Å²) in [6.45, 7) is 3.58. The van der Waals surface area contributed by atoms with Gasteiger partial charge in [0.05, 0.1) is 11.7 Å². The van der Waals surface area contributed by atoms with Gasteiger partial charge in [0.15, 0.2) is 0 Å². The lowest BCUT2D eigenvalue weighted by Gasteiger charge is -2.22. The molecule has 104 valence electrons. The summed E-state index contributed by atoms with van der Waals surface area (Å²) in [5.41, 5.74) is 0.654. The molecule has 2 heterocycles. The molecule has 0 radical (unpaired) electrons. The Labute approximate surface area is 113 Å². The number of pyridine rings is 1. The predicted octanol–water partition coefficient (Wildman–Crippen LogP) is 1.34. The fourth-order valence-electron chi connectivity index (χ4n) is 2.33. The van der Waals surface area contributed by atoms with E-state index in [1.807, 2.05) is 6.92 Å². The standard InChI is InChI=1S/C14H21N3O2/c1-2-9-17-10-11(6-7-13(17)18)16-14(19)12-5-3-4-8-15-12/h6-7,10,12,15H,2-5,8-9H2,1H3,(H,16,19)/t12-/m0/s1. The molecule has 1 saturated heterocycles. The third-order valence-corrected chi connectivity index (χ3v) is 3.34. The number of aryl methyl sites for hydroxylation is 1. The molecule has 1 aromatic heterocycles. The Morgan fingerprint density at radius 1 is 1.47 bits per heavy atom. The van der Waals surface area contributed by atoms with Gasteiger partial charge in [-0.25, -0.2) is 0 Å². The monoisotopic (exact) mass is 263 g/mol. The highest BCUT2D eigenvalue weighted by Crippen LogP contribution is 2.10. The maximum absolute atomic E-state index is 12.1. The molecule has 0 unspecified atom stereocenters. The van der Waals surface area contributed by atoms with E-state index in [4.69, 9.17) is 0 Å². The van der Waals surface area contributed by atoms with Crippen molar-refractivity contribution in [3.8, 4) is 0 Å². The van der Waals surface area contributed by atoms with Gasteiger partial charge in [-0.3, -0.25) is 9.59 Å². The summed E-state index contributed by atoms with van der Waals surface area (Å²) in [6, 6.07) is 3.05. The molecule has 1 aliphatic rings. The number of hydrogen-bond acceptors (Lipinski definition) is 3. The van der Waals surface area contributed by atoms with E-state index in [9.17, 15) is 9.59 Å². The molecular weight excluding hydrogens is 242 g/mol. The second kappa shape index (κ2) is 6.52. The van der Waals surface area contributed by atoms with Crippen molar-refractivity contribution in [2.45, 2.75) is 45.2 Å². The van der Waals surface area contributed by atoms with Crippen LogP contribution in [0.1, 0.15) is 32.6 Å². The van der Waals surface area contributed by atoms with Crippen LogP contribution in [-0.2, 0) is 11.3 Å². The second-order valence-electron chi connectivity index (χ2n) is 4.94. The van der Waals surface area contributed by atoms with Gasteiger partial charge in [0, 0.05) is 18.8 Å². The minimum atomic E-state index is -0.111. The smallest absolute Gasteiger partial charge is 0.250 e. The van der Waals surface area contributed by atoms with Crippen molar-refractivity contribution in [3.05, 3.63) is 28.7 Å². The number of piperidine rings is 1. The van der Waals surface area contributed by atoms with Crippen LogP contribution in [0.5, 0.6) is 0 Å².